The molecule has 0 spiro atoms. The van der Waals surface area contributed by atoms with E-state index in [0.29, 0.717) is 12.0 Å². The SMILES string of the molecule is CCCN1C[C@@H](NC(=O)N(CC)CC)CC2c3ccc(C=O)c4[nH]c(C)c(c34)C[C@H]21. The van der Waals surface area contributed by atoms with Gasteiger partial charge in [-0.15, -0.1) is 0 Å². The van der Waals surface area contributed by atoms with Gasteiger partial charge in [0.05, 0.1) is 5.52 Å². The Bertz CT molecular complexity index is 946. The molecule has 4 rings (SSSR count). The van der Waals surface area contributed by atoms with Crippen LogP contribution in [0.2, 0.25) is 0 Å². The summed E-state index contributed by atoms with van der Waals surface area (Å²) in [5.41, 5.74) is 5.57. The first-order valence-corrected chi connectivity index (χ1v) is 11.4. The van der Waals surface area contributed by atoms with Gasteiger partial charge in [0.25, 0.3) is 0 Å². The second-order valence-corrected chi connectivity index (χ2v) is 8.77. The van der Waals surface area contributed by atoms with Crippen molar-refractivity contribution in [1.29, 1.82) is 0 Å². The molecular formula is C24H34N4O2. The zero-order valence-electron chi connectivity index (χ0n) is 18.6. The molecule has 0 radical (unpaired) electrons. The smallest absolute Gasteiger partial charge is 0.317 e. The molecule has 2 aromatic rings. The van der Waals surface area contributed by atoms with E-state index < -0.39 is 0 Å². The van der Waals surface area contributed by atoms with Crippen LogP contribution in [0.3, 0.4) is 0 Å². The highest BCUT2D eigenvalue weighted by atomic mass is 16.2. The number of fused-ring (bicyclic) bond motifs is 2. The average molecular weight is 411 g/mol. The van der Waals surface area contributed by atoms with Gasteiger partial charge in [-0.2, -0.15) is 0 Å². The molecule has 2 amide bonds. The molecule has 0 bridgehead atoms. The summed E-state index contributed by atoms with van der Waals surface area (Å²) in [6, 6.07) is 4.72. The van der Waals surface area contributed by atoms with E-state index in [-0.39, 0.29) is 12.1 Å². The minimum absolute atomic E-state index is 0.0373. The number of likely N-dealkylation sites (tertiary alicyclic amines) is 1. The number of carbonyl (C=O) groups excluding carboxylic acids is 2. The summed E-state index contributed by atoms with van der Waals surface area (Å²) in [7, 11) is 0. The number of rotatable bonds is 6. The quantitative estimate of drug-likeness (QED) is 0.711. The standard InChI is InChI=1S/C24H34N4O2/c1-5-10-28-13-17(26-24(30)27(6-2)7-3)11-20-18-9-8-16(14-29)23-22(18)19(12-21(20)28)15(4)25-23/h8-9,14,17,20-21,25H,5-7,10-13H2,1-4H3,(H,26,30)/t17-,20?,21+/m0/s1. The first kappa shape index (κ1) is 20.9. The van der Waals surface area contributed by atoms with Gasteiger partial charge in [0.1, 0.15) is 0 Å². The maximum atomic E-state index is 12.7. The van der Waals surface area contributed by atoms with Crippen molar-refractivity contribution in [3.8, 4) is 0 Å². The number of urea groups is 1. The molecule has 1 aliphatic carbocycles. The number of hydrogen-bond acceptors (Lipinski definition) is 3. The van der Waals surface area contributed by atoms with Crippen LogP contribution >= 0.6 is 0 Å². The minimum Gasteiger partial charge on any atom is -0.358 e. The first-order chi connectivity index (χ1) is 14.5. The van der Waals surface area contributed by atoms with Crippen LogP contribution in [0.1, 0.15) is 66.7 Å². The zero-order valence-corrected chi connectivity index (χ0v) is 18.6. The normalized spacial score (nSPS) is 23.3. The summed E-state index contributed by atoms with van der Waals surface area (Å²) in [4.78, 5) is 32.2. The predicted molar refractivity (Wildman–Crippen MR) is 120 cm³/mol. The largest absolute Gasteiger partial charge is 0.358 e. The van der Waals surface area contributed by atoms with Crippen molar-refractivity contribution in [2.24, 2.45) is 0 Å². The van der Waals surface area contributed by atoms with Crippen LogP contribution in [-0.2, 0) is 6.42 Å². The van der Waals surface area contributed by atoms with Gasteiger partial charge in [0, 0.05) is 54.3 Å². The van der Waals surface area contributed by atoms with E-state index in [1.165, 1.54) is 22.2 Å². The van der Waals surface area contributed by atoms with Crippen molar-refractivity contribution in [3.63, 3.8) is 0 Å². The van der Waals surface area contributed by atoms with Gasteiger partial charge >= 0.3 is 6.03 Å². The van der Waals surface area contributed by atoms with Crippen molar-refractivity contribution < 1.29 is 9.59 Å². The molecule has 2 aliphatic rings. The number of hydrogen-bond donors (Lipinski definition) is 2. The number of aromatic nitrogens is 1. The Morgan fingerprint density at radius 2 is 2.07 bits per heavy atom. The van der Waals surface area contributed by atoms with Crippen LogP contribution in [-0.4, -0.2) is 65.4 Å². The number of aldehydes is 1. The molecular weight excluding hydrogens is 376 g/mol. The third-order valence-corrected chi connectivity index (χ3v) is 7.09. The molecule has 3 atom stereocenters. The summed E-state index contributed by atoms with van der Waals surface area (Å²) >= 11 is 0. The second-order valence-electron chi connectivity index (χ2n) is 8.77. The van der Waals surface area contributed by atoms with Gasteiger partial charge in [-0.1, -0.05) is 13.0 Å². The molecule has 2 N–H and O–H groups in total. The molecule has 1 unspecified atom stereocenters. The lowest BCUT2D eigenvalue weighted by Crippen LogP contribution is -2.57. The molecule has 162 valence electrons. The van der Waals surface area contributed by atoms with E-state index in [1.54, 1.807) is 0 Å². The Balaban J connectivity index is 1.70. The molecule has 1 saturated heterocycles. The summed E-state index contributed by atoms with van der Waals surface area (Å²) in [6.45, 7) is 11.8. The number of aromatic amines is 1. The molecule has 6 nitrogen and oxygen atoms in total. The number of aryl methyl sites for hydroxylation is 1. The number of nitrogens with zero attached hydrogens (tertiary/aromatic N) is 2. The van der Waals surface area contributed by atoms with Crippen molar-refractivity contribution in [3.05, 3.63) is 34.5 Å². The molecule has 0 saturated carbocycles. The maximum absolute atomic E-state index is 12.7. The van der Waals surface area contributed by atoms with Gasteiger partial charge in [0.2, 0.25) is 0 Å². The third-order valence-electron chi connectivity index (χ3n) is 7.09. The maximum Gasteiger partial charge on any atom is 0.317 e. The van der Waals surface area contributed by atoms with E-state index >= 15 is 0 Å². The van der Waals surface area contributed by atoms with Crippen LogP contribution in [0.15, 0.2) is 12.1 Å². The third kappa shape index (κ3) is 3.41. The Kier molecular flexibility index (Phi) is 5.87. The number of benzene rings is 1. The molecule has 1 aromatic heterocycles. The highest BCUT2D eigenvalue weighted by molar-refractivity contribution is 6.00. The summed E-state index contributed by atoms with van der Waals surface area (Å²) in [6.07, 6.45) is 3.99. The van der Waals surface area contributed by atoms with Crippen LogP contribution in [0.4, 0.5) is 4.79 Å². The van der Waals surface area contributed by atoms with Crippen LogP contribution in [0.5, 0.6) is 0 Å². The molecule has 2 heterocycles. The van der Waals surface area contributed by atoms with Crippen molar-refractivity contribution >= 4 is 23.2 Å². The van der Waals surface area contributed by atoms with Gasteiger partial charge in [-0.3, -0.25) is 9.69 Å². The predicted octanol–water partition coefficient (Wildman–Crippen LogP) is 3.83. The van der Waals surface area contributed by atoms with Gasteiger partial charge in [-0.25, -0.2) is 4.79 Å². The van der Waals surface area contributed by atoms with Crippen molar-refractivity contribution in [2.75, 3.05) is 26.2 Å². The summed E-state index contributed by atoms with van der Waals surface area (Å²) in [5.74, 6) is 0.359. The van der Waals surface area contributed by atoms with Crippen LogP contribution < -0.4 is 5.32 Å². The summed E-state index contributed by atoms with van der Waals surface area (Å²) < 4.78 is 0. The summed E-state index contributed by atoms with van der Waals surface area (Å²) in [5, 5.41) is 4.55. The van der Waals surface area contributed by atoms with E-state index in [1.807, 2.05) is 24.8 Å². The Morgan fingerprint density at radius 1 is 1.30 bits per heavy atom. The molecule has 1 fully saturated rings. The topological polar surface area (TPSA) is 68.4 Å². The Labute approximate surface area is 179 Å². The first-order valence-electron chi connectivity index (χ1n) is 11.4. The second kappa shape index (κ2) is 8.42. The van der Waals surface area contributed by atoms with Gasteiger partial charge in [0.15, 0.2) is 6.29 Å². The van der Waals surface area contributed by atoms with E-state index in [0.717, 1.165) is 62.8 Å². The van der Waals surface area contributed by atoms with E-state index in [4.69, 9.17) is 0 Å². The van der Waals surface area contributed by atoms with E-state index in [2.05, 4.69) is 35.1 Å². The van der Waals surface area contributed by atoms with E-state index in [9.17, 15) is 9.59 Å². The van der Waals surface area contributed by atoms with Gasteiger partial charge < -0.3 is 15.2 Å². The molecule has 30 heavy (non-hydrogen) atoms. The Hall–Kier alpha value is -2.34. The molecule has 1 aromatic carbocycles. The number of nitrogens with one attached hydrogen (secondary N) is 2. The monoisotopic (exact) mass is 410 g/mol. The number of piperidine rings is 1. The van der Waals surface area contributed by atoms with Crippen LogP contribution in [0.25, 0.3) is 10.9 Å². The number of H-pyrrole nitrogens is 1. The molecule has 1 aliphatic heterocycles. The fourth-order valence-corrected chi connectivity index (χ4v) is 5.66. The highest BCUT2D eigenvalue weighted by Crippen LogP contribution is 2.45. The van der Waals surface area contributed by atoms with Gasteiger partial charge in [-0.05, 0) is 63.8 Å². The lowest BCUT2D eigenvalue weighted by atomic mass is 9.73. The fraction of sp³-hybridized carbons (Fsp3) is 0.583. The lowest BCUT2D eigenvalue weighted by molar-refractivity contribution is 0.0978. The Morgan fingerprint density at radius 3 is 2.73 bits per heavy atom. The molecule has 6 heteroatoms. The number of amides is 2. The average Bonchev–Trinajstić information content (AvgIpc) is 3.07. The number of carbonyl (C=O) groups is 2. The lowest BCUT2D eigenvalue weighted by Gasteiger charge is -2.47. The van der Waals surface area contributed by atoms with Crippen molar-refractivity contribution in [1.82, 2.24) is 20.1 Å². The van der Waals surface area contributed by atoms with Crippen molar-refractivity contribution in [2.45, 2.75) is 65.0 Å². The van der Waals surface area contributed by atoms with Crippen LogP contribution in [0, 0.1) is 6.92 Å². The minimum atomic E-state index is 0.0373. The zero-order chi connectivity index (χ0) is 21.4. The highest BCUT2D eigenvalue weighted by Gasteiger charge is 2.41. The fourth-order valence-electron chi connectivity index (χ4n) is 5.66.